The second kappa shape index (κ2) is 6.09. The number of hydrogen-bond acceptors (Lipinski definition) is 3. The largest absolute Gasteiger partial charge is 0.349 e. The quantitative estimate of drug-likeness (QED) is 0.872. The molecule has 19 heavy (non-hydrogen) atoms. The van der Waals surface area contributed by atoms with Gasteiger partial charge in [0.2, 0.25) is 0 Å². The summed E-state index contributed by atoms with van der Waals surface area (Å²) in [7, 11) is -3.06. The van der Waals surface area contributed by atoms with Gasteiger partial charge in [0.15, 0.2) is 9.84 Å². The van der Waals surface area contributed by atoms with Gasteiger partial charge in [-0.25, -0.2) is 8.42 Å². The number of nitrogens with zero attached hydrogens (tertiary/aromatic N) is 1. The van der Waals surface area contributed by atoms with Crippen molar-refractivity contribution in [2.75, 3.05) is 5.75 Å². The fourth-order valence-electron chi connectivity index (χ4n) is 1.66. The number of rotatable bonds is 6. The second-order valence-corrected chi connectivity index (χ2v) is 9.02. The first-order valence-electron chi connectivity index (χ1n) is 6.73. The van der Waals surface area contributed by atoms with Gasteiger partial charge in [-0.2, -0.15) is 0 Å². The highest BCUT2D eigenvalue weighted by molar-refractivity contribution is 7.92. The van der Waals surface area contributed by atoms with E-state index in [2.05, 4.69) is 19.2 Å². The fourth-order valence-corrected chi connectivity index (χ4v) is 2.71. The van der Waals surface area contributed by atoms with Crippen molar-refractivity contribution in [2.45, 2.75) is 58.5 Å². The molecule has 0 amide bonds. The molecule has 5 heteroatoms. The third-order valence-corrected chi connectivity index (χ3v) is 5.73. The molecule has 1 aromatic heterocycles. The first-order chi connectivity index (χ1) is 8.63. The molecular weight excluding hydrogens is 260 g/mol. The summed E-state index contributed by atoms with van der Waals surface area (Å²) in [6.07, 6.45) is 1.94. The number of aromatic nitrogens is 1. The zero-order valence-electron chi connectivity index (χ0n) is 12.6. The van der Waals surface area contributed by atoms with Gasteiger partial charge in [0.05, 0.1) is 10.5 Å². The molecule has 0 saturated carbocycles. The Hall–Kier alpha value is -0.810. The highest BCUT2D eigenvalue weighted by atomic mass is 32.2. The van der Waals surface area contributed by atoms with Gasteiger partial charge >= 0.3 is 0 Å². The Morgan fingerprint density at radius 1 is 1.32 bits per heavy atom. The minimum Gasteiger partial charge on any atom is -0.349 e. The molecule has 1 heterocycles. The van der Waals surface area contributed by atoms with E-state index in [1.807, 2.05) is 22.9 Å². The first kappa shape index (κ1) is 16.2. The van der Waals surface area contributed by atoms with Crippen molar-refractivity contribution >= 4 is 9.84 Å². The van der Waals surface area contributed by atoms with Crippen molar-refractivity contribution < 1.29 is 8.42 Å². The smallest absolute Gasteiger partial charge is 0.156 e. The third kappa shape index (κ3) is 4.66. The zero-order chi connectivity index (χ0) is 14.7. The molecule has 0 radical (unpaired) electrons. The van der Waals surface area contributed by atoms with Crippen LogP contribution in [0.3, 0.4) is 0 Å². The van der Waals surface area contributed by atoms with Crippen LogP contribution in [0.5, 0.6) is 0 Å². The molecule has 1 rings (SSSR count). The van der Waals surface area contributed by atoms with E-state index in [-0.39, 0.29) is 5.75 Å². The maximum Gasteiger partial charge on any atom is 0.156 e. The van der Waals surface area contributed by atoms with Crippen molar-refractivity contribution in [3.05, 3.63) is 24.0 Å². The highest BCUT2D eigenvalue weighted by Crippen LogP contribution is 2.16. The lowest BCUT2D eigenvalue weighted by atomic mass is 10.3. The number of nitrogens with one attached hydrogen (secondary N) is 1. The van der Waals surface area contributed by atoms with Crippen LogP contribution < -0.4 is 5.32 Å². The van der Waals surface area contributed by atoms with Crippen LogP contribution in [0, 0.1) is 0 Å². The standard InChI is InChI=1S/C14H26N2O2S/c1-12(2)15-11-13-7-6-8-16(13)9-10-19(17,18)14(3,4)5/h6-8,12,15H,9-11H2,1-5H3. The minimum absolute atomic E-state index is 0.180. The van der Waals surface area contributed by atoms with Gasteiger partial charge in [-0.15, -0.1) is 0 Å². The Kier molecular flexibility index (Phi) is 5.21. The molecule has 0 saturated heterocycles. The van der Waals surface area contributed by atoms with Gasteiger partial charge in [-0.3, -0.25) is 0 Å². The van der Waals surface area contributed by atoms with E-state index in [1.165, 1.54) is 0 Å². The van der Waals surface area contributed by atoms with Gasteiger partial charge in [-0.05, 0) is 32.9 Å². The fraction of sp³-hybridized carbons (Fsp3) is 0.714. The lowest BCUT2D eigenvalue weighted by Crippen LogP contribution is -2.32. The molecule has 0 atom stereocenters. The molecule has 0 aromatic carbocycles. The van der Waals surface area contributed by atoms with E-state index in [0.29, 0.717) is 12.6 Å². The summed E-state index contributed by atoms with van der Waals surface area (Å²) in [6.45, 7) is 10.7. The maximum absolute atomic E-state index is 12.1. The molecule has 0 spiro atoms. The van der Waals surface area contributed by atoms with E-state index in [9.17, 15) is 8.42 Å². The average Bonchev–Trinajstić information content (AvgIpc) is 2.69. The first-order valence-corrected chi connectivity index (χ1v) is 8.38. The minimum atomic E-state index is -3.06. The Labute approximate surface area is 117 Å². The molecule has 0 aliphatic carbocycles. The van der Waals surface area contributed by atoms with Crippen LogP contribution in [-0.2, 0) is 22.9 Å². The lowest BCUT2D eigenvalue weighted by molar-refractivity contribution is 0.543. The summed E-state index contributed by atoms with van der Waals surface area (Å²) in [6, 6.07) is 4.40. The summed E-state index contributed by atoms with van der Waals surface area (Å²) in [4.78, 5) is 0. The van der Waals surface area contributed by atoms with Gasteiger partial charge < -0.3 is 9.88 Å². The van der Waals surface area contributed by atoms with Crippen LogP contribution in [0.25, 0.3) is 0 Å². The summed E-state index contributed by atoms with van der Waals surface area (Å²) in [5, 5.41) is 3.35. The van der Waals surface area contributed by atoms with Crippen LogP contribution in [0.15, 0.2) is 18.3 Å². The topological polar surface area (TPSA) is 51.1 Å². The zero-order valence-corrected chi connectivity index (χ0v) is 13.4. The van der Waals surface area contributed by atoms with Crippen LogP contribution >= 0.6 is 0 Å². The Balaban J connectivity index is 2.67. The van der Waals surface area contributed by atoms with Crippen LogP contribution in [0.4, 0.5) is 0 Å². The van der Waals surface area contributed by atoms with E-state index >= 15 is 0 Å². The van der Waals surface area contributed by atoms with E-state index in [0.717, 1.165) is 12.2 Å². The Morgan fingerprint density at radius 3 is 2.47 bits per heavy atom. The van der Waals surface area contributed by atoms with Gasteiger partial charge in [-0.1, -0.05) is 13.8 Å². The predicted octanol–water partition coefficient (Wildman–Crippen LogP) is 2.20. The summed E-state index contributed by atoms with van der Waals surface area (Å²) in [5.41, 5.74) is 1.12. The van der Waals surface area contributed by atoms with Crippen molar-refractivity contribution in [1.29, 1.82) is 0 Å². The molecule has 1 N–H and O–H groups in total. The summed E-state index contributed by atoms with van der Waals surface area (Å²) >= 11 is 0. The molecule has 0 aliphatic heterocycles. The van der Waals surface area contributed by atoms with E-state index in [1.54, 1.807) is 20.8 Å². The van der Waals surface area contributed by atoms with Crippen LogP contribution in [-0.4, -0.2) is 29.5 Å². The SMILES string of the molecule is CC(C)NCc1cccn1CCS(=O)(=O)C(C)(C)C. The Bertz CT molecular complexity index is 496. The normalized spacial score (nSPS) is 13.2. The molecule has 0 aliphatic rings. The predicted molar refractivity (Wildman–Crippen MR) is 79.9 cm³/mol. The van der Waals surface area contributed by atoms with Crippen molar-refractivity contribution in [3.63, 3.8) is 0 Å². The molecule has 1 aromatic rings. The second-order valence-electron chi connectivity index (χ2n) is 6.16. The molecule has 4 nitrogen and oxygen atoms in total. The van der Waals surface area contributed by atoms with Crippen molar-refractivity contribution in [2.24, 2.45) is 0 Å². The average molecular weight is 286 g/mol. The molecular formula is C14H26N2O2S. The number of sulfone groups is 1. The third-order valence-electron chi connectivity index (χ3n) is 3.15. The van der Waals surface area contributed by atoms with Crippen LogP contribution in [0.1, 0.15) is 40.3 Å². The lowest BCUT2D eigenvalue weighted by Gasteiger charge is -2.20. The van der Waals surface area contributed by atoms with Crippen LogP contribution in [0.2, 0.25) is 0 Å². The molecule has 0 unspecified atom stereocenters. The van der Waals surface area contributed by atoms with Gasteiger partial charge in [0.25, 0.3) is 0 Å². The summed E-state index contributed by atoms with van der Waals surface area (Å²) < 4.78 is 25.5. The van der Waals surface area contributed by atoms with E-state index < -0.39 is 14.6 Å². The van der Waals surface area contributed by atoms with Crippen molar-refractivity contribution in [1.82, 2.24) is 9.88 Å². The van der Waals surface area contributed by atoms with Gasteiger partial charge in [0, 0.05) is 31.0 Å². The highest BCUT2D eigenvalue weighted by Gasteiger charge is 2.28. The number of hydrogen-bond donors (Lipinski definition) is 1. The summed E-state index contributed by atoms with van der Waals surface area (Å²) in [5.74, 6) is 0.180. The molecule has 0 bridgehead atoms. The molecule has 110 valence electrons. The maximum atomic E-state index is 12.1. The van der Waals surface area contributed by atoms with Crippen molar-refractivity contribution in [3.8, 4) is 0 Å². The Morgan fingerprint density at radius 2 is 1.95 bits per heavy atom. The van der Waals surface area contributed by atoms with Gasteiger partial charge in [0.1, 0.15) is 0 Å². The number of aryl methyl sites for hydroxylation is 1. The monoisotopic (exact) mass is 286 g/mol. The van der Waals surface area contributed by atoms with E-state index in [4.69, 9.17) is 0 Å². The molecule has 0 fully saturated rings.